The van der Waals surface area contributed by atoms with E-state index >= 15 is 0 Å². The molecular weight excluding hydrogens is 232 g/mol. The van der Waals surface area contributed by atoms with E-state index in [1.165, 1.54) is 53.4 Å². The Balaban J connectivity index is 1.94. The lowest BCUT2D eigenvalue weighted by Crippen LogP contribution is -2.30. The Morgan fingerprint density at radius 3 is 2.89 bits per heavy atom. The third-order valence-electron chi connectivity index (χ3n) is 4.77. The van der Waals surface area contributed by atoms with Gasteiger partial charge in [-0.05, 0) is 63.3 Å². The highest BCUT2D eigenvalue weighted by atomic mass is 14.9. The largest absolute Gasteiger partial charge is 0.358 e. The topological polar surface area (TPSA) is 27.8 Å². The monoisotopic (exact) mass is 256 g/mol. The second kappa shape index (κ2) is 5.01. The molecule has 1 saturated carbocycles. The number of H-pyrrole nitrogens is 1. The van der Waals surface area contributed by atoms with Crippen LogP contribution >= 0.6 is 0 Å². The van der Waals surface area contributed by atoms with Crippen LogP contribution in [-0.4, -0.2) is 18.1 Å². The molecule has 102 valence electrons. The van der Waals surface area contributed by atoms with Gasteiger partial charge in [0.05, 0.1) is 0 Å². The number of benzene rings is 1. The number of rotatable bonds is 3. The predicted octanol–water partition coefficient (Wildman–Crippen LogP) is 3.72. The van der Waals surface area contributed by atoms with Crippen LogP contribution in [0.25, 0.3) is 10.9 Å². The highest BCUT2D eigenvalue weighted by Crippen LogP contribution is 2.32. The quantitative estimate of drug-likeness (QED) is 0.860. The molecule has 1 aromatic heterocycles. The van der Waals surface area contributed by atoms with Crippen molar-refractivity contribution in [3.05, 3.63) is 35.0 Å². The van der Waals surface area contributed by atoms with Gasteiger partial charge in [0, 0.05) is 22.6 Å². The van der Waals surface area contributed by atoms with Crippen molar-refractivity contribution < 1.29 is 0 Å². The van der Waals surface area contributed by atoms with Gasteiger partial charge in [0.1, 0.15) is 0 Å². The fraction of sp³-hybridized carbons (Fsp3) is 0.529. The molecule has 3 rings (SSSR count). The number of aromatic amines is 1. The molecule has 0 spiro atoms. The molecule has 2 aromatic rings. The molecule has 2 N–H and O–H groups in total. The van der Waals surface area contributed by atoms with Crippen LogP contribution in [0, 0.1) is 19.8 Å². The summed E-state index contributed by atoms with van der Waals surface area (Å²) in [5.74, 6) is 0.795. The summed E-state index contributed by atoms with van der Waals surface area (Å²) in [6, 6.07) is 7.47. The molecule has 1 heterocycles. The minimum absolute atomic E-state index is 0.704. The first-order chi connectivity index (χ1) is 9.19. The molecule has 2 unspecified atom stereocenters. The number of aromatic nitrogens is 1. The van der Waals surface area contributed by atoms with Gasteiger partial charge >= 0.3 is 0 Å². The molecule has 19 heavy (non-hydrogen) atoms. The van der Waals surface area contributed by atoms with Crippen molar-refractivity contribution in [3.8, 4) is 0 Å². The second-order valence-corrected chi connectivity index (χ2v) is 6.07. The van der Waals surface area contributed by atoms with Crippen LogP contribution in [-0.2, 0) is 6.42 Å². The van der Waals surface area contributed by atoms with Gasteiger partial charge in [0.25, 0.3) is 0 Å². The molecule has 0 aliphatic heterocycles. The van der Waals surface area contributed by atoms with Crippen molar-refractivity contribution in [2.24, 2.45) is 5.92 Å². The van der Waals surface area contributed by atoms with E-state index in [0.717, 1.165) is 5.92 Å². The first kappa shape index (κ1) is 12.7. The van der Waals surface area contributed by atoms with E-state index in [4.69, 9.17) is 0 Å². The Morgan fingerprint density at radius 2 is 2.11 bits per heavy atom. The van der Waals surface area contributed by atoms with E-state index < -0.39 is 0 Å². The van der Waals surface area contributed by atoms with Gasteiger partial charge in [-0.3, -0.25) is 0 Å². The van der Waals surface area contributed by atoms with Gasteiger partial charge in [-0.1, -0.05) is 18.6 Å². The van der Waals surface area contributed by atoms with Crippen LogP contribution in [0.2, 0.25) is 0 Å². The smallest absolute Gasteiger partial charge is 0.0461 e. The Hall–Kier alpha value is -1.28. The lowest BCUT2D eigenvalue weighted by molar-refractivity contribution is 0.424. The predicted molar refractivity (Wildman–Crippen MR) is 81.7 cm³/mol. The summed E-state index contributed by atoms with van der Waals surface area (Å²) in [4.78, 5) is 3.55. The maximum Gasteiger partial charge on any atom is 0.0461 e. The maximum atomic E-state index is 3.55. The summed E-state index contributed by atoms with van der Waals surface area (Å²) < 4.78 is 0. The van der Waals surface area contributed by atoms with E-state index in [1.54, 1.807) is 0 Å². The van der Waals surface area contributed by atoms with Gasteiger partial charge in [-0.25, -0.2) is 0 Å². The molecule has 0 saturated heterocycles. The third-order valence-corrected chi connectivity index (χ3v) is 4.77. The molecule has 2 nitrogen and oxygen atoms in total. The van der Waals surface area contributed by atoms with Gasteiger partial charge in [-0.15, -0.1) is 0 Å². The van der Waals surface area contributed by atoms with Gasteiger partial charge in [0.15, 0.2) is 0 Å². The summed E-state index contributed by atoms with van der Waals surface area (Å²) in [6.45, 7) is 4.37. The number of aryl methyl sites for hydroxylation is 2. The standard InChI is InChI=1S/C17H24N2/c1-11-7-8-14-15(12(2)19-17(14)9-11)10-13-5-4-6-16(13)18-3/h7-9,13,16,18-19H,4-6,10H2,1-3H3. The number of hydrogen-bond donors (Lipinski definition) is 2. The molecule has 0 radical (unpaired) electrons. The van der Waals surface area contributed by atoms with Crippen molar-refractivity contribution in [2.45, 2.75) is 45.6 Å². The van der Waals surface area contributed by atoms with E-state index in [1.807, 2.05) is 0 Å². The highest BCUT2D eigenvalue weighted by Gasteiger charge is 2.27. The fourth-order valence-electron chi connectivity index (χ4n) is 3.69. The van der Waals surface area contributed by atoms with E-state index in [-0.39, 0.29) is 0 Å². The zero-order valence-corrected chi connectivity index (χ0v) is 12.2. The van der Waals surface area contributed by atoms with Crippen molar-refractivity contribution in [1.29, 1.82) is 0 Å². The minimum atomic E-state index is 0.704. The number of nitrogens with one attached hydrogen (secondary N) is 2. The van der Waals surface area contributed by atoms with Crippen LogP contribution in [0.4, 0.5) is 0 Å². The summed E-state index contributed by atoms with van der Waals surface area (Å²) in [6.07, 6.45) is 5.28. The van der Waals surface area contributed by atoms with Crippen LogP contribution in [0.15, 0.2) is 18.2 Å². The first-order valence-electron chi connectivity index (χ1n) is 7.44. The molecule has 1 aliphatic carbocycles. The summed E-state index contributed by atoms with van der Waals surface area (Å²) in [5, 5.41) is 4.91. The maximum absolute atomic E-state index is 3.55. The first-order valence-corrected chi connectivity index (χ1v) is 7.44. The highest BCUT2D eigenvalue weighted by molar-refractivity contribution is 5.85. The van der Waals surface area contributed by atoms with Crippen LogP contribution in [0.5, 0.6) is 0 Å². The van der Waals surface area contributed by atoms with Gasteiger partial charge in [0.2, 0.25) is 0 Å². The summed E-state index contributed by atoms with van der Waals surface area (Å²) in [5.41, 5.74) is 5.50. The van der Waals surface area contributed by atoms with Crippen LogP contribution < -0.4 is 5.32 Å². The Bertz CT molecular complexity index is 582. The molecule has 2 atom stereocenters. The molecule has 0 amide bonds. The number of hydrogen-bond acceptors (Lipinski definition) is 1. The van der Waals surface area contributed by atoms with Crippen molar-refractivity contribution in [1.82, 2.24) is 10.3 Å². The average Bonchev–Trinajstić information content (AvgIpc) is 2.95. The van der Waals surface area contributed by atoms with Crippen molar-refractivity contribution >= 4 is 10.9 Å². The normalized spacial score (nSPS) is 23.3. The summed E-state index contributed by atoms with van der Waals surface area (Å²) in [7, 11) is 2.11. The molecular formula is C17H24N2. The third kappa shape index (κ3) is 2.30. The molecule has 2 heteroatoms. The molecule has 1 fully saturated rings. The van der Waals surface area contributed by atoms with E-state index in [0.29, 0.717) is 6.04 Å². The number of fused-ring (bicyclic) bond motifs is 1. The van der Waals surface area contributed by atoms with Crippen molar-refractivity contribution in [2.75, 3.05) is 7.05 Å². The lowest BCUT2D eigenvalue weighted by Gasteiger charge is -2.19. The molecule has 1 aliphatic rings. The SMILES string of the molecule is CNC1CCCC1Cc1c(C)[nH]c2cc(C)ccc12. The fourth-order valence-corrected chi connectivity index (χ4v) is 3.69. The summed E-state index contributed by atoms with van der Waals surface area (Å²) >= 11 is 0. The molecule has 1 aromatic carbocycles. The van der Waals surface area contributed by atoms with Gasteiger partial charge in [-0.2, -0.15) is 0 Å². The van der Waals surface area contributed by atoms with Gasteiger partial charge < -0.3 is 10.3 Å². The van der Waals surface area contributed by atoms with E-state index in [2.05, 4.69) is 49.4 Å². The molecule has 0 bridgehead atoms. The van der Waals surface area contributed by atoms with Crippen LogP contribution in [0.3, 0.4) is 0 Å². The zero-order valence-electron chi connectivity index (χ0n) is 12.2. The minimum Gasteiger partial charge on any atom is -0.358 e. The van der Waals surface area contributed by atoms with Crippen molar-refractivity contribution in [3.63, 3.8) is 0 Å². The Labute approximate surface area is 115 Å². The second-order valence-electron chi connectivity index (χ2n) is 6.07. The zero-order chi connectivity index (χ0) is 13.4. The van der Waals surface area contributed by atoms with E-state index in [9.17, 15) is 0 Å². The Kier molecular flexibility index (Phi) is 3.36. The van der Waals surface area contributed by atoms with Crippen LogP contribution in [0.1, 0.15) is 36.1 Å². The lowest BCUT2D eigenvalue weighted by atomic mass is 9.93. The average molecular weight is 256 g/mol. The Morgan fingerprint density at radius 1 is 1.26 bits per heavy atom.